The molecule has 1 aliphatic rings. The number of benzene rings is 2. The SMILES string of the molecule is Cc1cc2cc(CN(CCc3ccc(Cl)cc3)C(=O)C3CC3)c(Cl)nc2cc1C. The molecule has 1 fully saturated rings. The number of hydrogen-bond donors (Lipinski definition) is 0. The zero-order valence-electron chi connectivity index (χ0n) is 16.7. The molecule has 1 aliphatic carbocycles. The Morgan fingerprint density at radius 3 is 2.45 bits per heavy atom. The van der Waals surface area contributed by atoms with Crippen LogP contribution in [0.25, 0.3) is 10.9 Å². The minimum atomic E-state index is 0.164. The van der Waals surface area contributed by atoms with Gasteiger partial charge < -0.3 is 4.90 Å². The molecule has 1 amide bonds. The van der Waals surface area contributed by atoms with Gasteiger partial charge in [0, 0.05) is 35.0 Å². The number of carbonyl (C=O) groups excluding carboxylic acids is 1. The molecule has 29 heavy (non-hydrogen) atoms. The van der Waals surface area contributed by atoms with E-state index in [9.17, 15) is 4.79 Å². The Kier molecular flexibility index (Phi) is 5.80. The van der Waals surface area contributed by atoms with Crippen molar-refractivity contribution in [1.82, 2.24) is 9.88 Å². The molecule has 0 radical (unpaired) electrons. The van der Waals surface area contributed by atoms with Crippen LogP contribution in [0.2, 0.25) is 10.2 Å². The molecule has 0 aliphatic heterocycles. The first kappa shape index (κ1) is 20.2. The van der Waals surface area contributed by atoms with E-state index in [1.165, 1.54) is 11.1 Å². The van der Waals surface area contributed by atoms with E-state index >= 15 is 0 Å². The summed E-state index contributed by atoms with van der Waals surface area (Å²) in [7, 11) is 0. The highest BCUT2D eigenvalue weighted by Gasteiger charge is 2.33. The van der Waals surface area contributed by atoms with E-state index in [1.54, 1.807) is 0 Å². The Hall–Kier alpha value is -2.10. The first-order valence-electron chi connectivity index (χ1n) is 10.0. The molecule has 0 saturated heterocycles. The zero-order chi connectivity index (χ0) is 20.5. The lowest BCUT2D eigenvalue weighted by molar-refractivity contribution is -0.133. The Balaban J connectivity index is 1.58. The highest BCUT2D eigenvalue weighted by Crippen LogP contribution is 2.32. The van der Waals surface area contributed by atoms with Crippen LogP contribution in [0.3, 0.4) is 0 Å². The van der Waals surface area contributed by atoms with E-state index in [2.05, 4.69) is 37.0 Å². The van der Waals surface area contributed by atoms with E-state index < -0.39 is 0 Å². The molecule has 3 aromatic rings. The van der Waals surface area contributed by atoms with Crippen molar-refractivity contribution in [3.63, 3.8) is 0 Å². The fraction of sp³-hybridized carbons (Fsp3) is 0.333. The number of pyridine rings is 1. The third-order valence-corrected chi connectivity index (χ3v) is 6.22. The second-order valence-electron chi connectivity index (χ2n) is 7.98. The van der Waals surface area contributed by atoms with Gasteiger partial charge in [0.15, 0.2) is 0 Å². The van der Waals surface area contributed by atoms with Crippen molar-refractivity contribution in [1.29, 1.82) is 0 Å². The van der Waals surface area contributed by atoms with Gasteiger partial charge in [-0.05, 0) is 80.1 Å². The van der Waals surface area contributed by atoms with Gasteiger partial charge in [-0.25, -0.2) is 4.98 Å². The fourth-order valence-electron chi connectivity index (χ4n) is 3.55. The van der Waals surface area contributed by atoms with Crippen LogP contribution in [0.1, 0.15) is 35.1 Å². The van der Waals surface area contributed by atoms with Crippen LogP contribution >= 0.6 is 23.2 Å². The molecule has 5 heteroatoms. The van der Waals surface area contributed by atoms with Crippen molar-refractivity contribution < 1.29 is 4.79 Å². The van der Waals surface area contributed by atoms with Gasteiger partial charge in [0.2, 0.25) is 5.91 Å². The molecule has 2 aromatic carbocycles. The van der Waals surface area contributed by atoms with Crippen LogP contribution in [0, 0.1) is 19.8 Å². The molecule has 1 saturated carbocycles. The van der Waals surface area contributed by atoms with Crippen molar-refractivity contribution >= 4 is 40.0 Å². The average Bonchev–Trinajstić information content (AvgIpc) is 3.53. The van der Waals surface area contributed by atoms with Crippen molar-refractivity contribution in [3.8, 4) is 0 Å². The zero-order valence-corrected chi connectivity index (χ0v) is 18.2. The van der Waals surface area contributed by atoms with Crippen molar-refractivity contribution in [3.05, 3.63) is 74.9 Å². The van der Waals surface area contributed by atoms with E-state index in [0.717, 1.165) is 46.3 Å². The molecular weight excluding hydrogens is 403 g/mol. The summed E-state index contributed by atoms with van der Waals surface area (Å²) in [6.45, 7) is 5.30. The van der Waals surface area contributed by atoms with Crippen LogP contribution in [0.15, 0.2) is 42.5 Å². The standard InChI is InChI=1S/C24H24Cl2N2O/c1-15-11-19-13-20(23(26)27-22(19)12-16(15)2)14-28(24(29)18-5-6-18)10-9-17-3-7-21(25)8-4-17/h3-4,7-8,11-13,18H,5-6,9-10,14H2,1-2H3. The smallest absolute Gasteiger partial charge is 0.225 e. The number of aryl methyl sites for hydroxylation is 2. The summed E-state index contributed by atoms with van der Waals surface area (Å²) in [5, 5.41) is 2.25. The molecule has 0 unspecified atom stereocenters. The molecule has 0 N–H and O–H groups in total. The van der Waals surface area contributed by atoms with Gasteiger partial charge in [-0.3, -0.25) is 4.79 Å². The van der Waals surface area contributed by atoms with Gasteiger partial charge in [0.25, 0.3) is 0 Å². The highest BCUT2D eigenvalue weighted by molar-refractivity contribution is 6.30. The Labute approximate surface area is 181 Å². The lowest BCUT2D eigenvalue weighted by Crippen LogP contribution is -2.33. The van der Waals surface area contributed by atoms with Crippen molar-refractivity contribution in [2.75, 3.05) is 6.54 Å². The lowest BCUT2D eigenvalue weighted by Gasteiger charge is -2.23. The molecule has 0 atom stereocenters. The number of fused-ring (bicyclic) bond motifs is 1. The molecule has 150 valence electrons. The Morgan fingerprint density at radius 1 is 1.07 bits per heavy atom. The second kappa shape index (κ2) is 8.33. The van der Waals surface area contributed by atoms with Crippen LogP contribution in [-0.2, 0) is 17.8 Å². The van der Waals surface area contributed by atoms with Gasteiger partial charge in [-0.2, -0.15) is 0 Å². The van der Waals surface area contributed by atoms with E-state index in [-0.39, 0.29) is 11.8 Å². The van der Waals surface area contributed by atoms with Crippen molar-refractivity contribution in [2.45, 2.75) is 39.7 Å². The largest absolute Gasteiger partial charge is 0.338 e. The van der Waals surface area contributed by atoms with Gasteiger partial charge in [0.1, 0.15) is 5.15 Å². The minimum absolute atomic E-state index is 0.164. The van der Waals surface area contributed by atoms with Crippen LogP contribution < -0.4 is 0 Å². The maximum atomic E-state index is 12.9. The third kappa shape index (κ3) is 4.73. The summed E-state index contributed by atoms with van der Waals surface area (Å²) >= 11 is 12.5. The van der Waals surface area contributed by atoms with Gasteiger partial charge in [-0.15, -0.1) is 0 Å². The number of amides is 1. The topological polar surface area (TPSA) is 33.2 Å². The normalized spacial score (nSPS) is 13.7. The second-order valence-corrected chi connectivity index (χ2v) is 8.77. The monoisotopic (exact) mass is 426 g/mol. The Morgan fingerprint density at radius 2 is 1.76 bits per heavy atom. The summed E-state index contributed by atoms with van der Waals surface area (Å²) in [5.41, 5.74) is 5.37. The number of rotatable bonds is 6. The predicted molar refractivity (Wildman–Crippen MR) is 120 cm³/mol. The molecule has 1 heterocycles. The van der Waals surface area contributed by atoms with E-state index in [1.807, 2.05) is 29.2 Å². The number of aromatic nitrogens is 1. The predicted octanol–water partition coefficient (Wildman–Crippen LogP) is 6.14. The molecule has 0 bridgehead atoms. The average molecular weight is 427 g/mol. The van der Waals surface area contributed by atoms with E-state index in [4.69, 9.17) is 23.2 Å². The summed E-state index contributed by atoms with van der Waals surface area (Å²) in [6.07, 6.45) is 2.75. The van der Waals surface area contributed by atoms with Gasteiger partial charge in [-0.1, -0.05) is 35.3 Å². The maximum Gasteiger partial charge on any atom is 0.225 e. The molecule has 0 spiro atoms. The molecule has 3 nitrogen and oxygen atoms in total. The molecular formula is C24H24Cl2N2O. The minimum Gasteiger partial charge on any atom is -0.338 e. The van der Waals surface area contributed by atoms with Crippen LogP contribution in [0.5, 0.6) is 0 Å². The number of nitrogens with zero attached hydrogens (tertiary/aromatic N) is 2. The quantitative estimate of drug-likeness (QED) is 0.443. The highest BCUT2D eigenvalue weighted by atomic mass is 35.5. The molecule has 1 aromatic heterocycles. The number of carbonyl (C=O) groups is 1. The van der Waals surface area contributed by atoms with Gasteiger partial charge in [0.05, 0.1) is 5.52 Å². The summed E-state index contributed by atoms with van der Waals surface area (Å²) in [5.74, 6) is 0.382. The number of hydrogen-bond acceptors (Lipinski definition) is 2. The summed E-state index contributed by atoms with van der Waals surface area (Å²) in [6, 6.07) is 14.1. The van der Waals surface area contributed by atoms with E-state index in [0.29, 0.717) is 18.2 Å². The lowest BCUT2D eigenvalue weighted by atomic mass is 10.0. The molecule has 4 rings (SSSR count). The first-order valence-corrected chi connectivity index (χ1v) is 10.8. The maximum absolute atomic E-state index is 12.9. The number of halogens is 2. The van der Waals surface area contributed by atoms with Crippen LogP contribution in [-0.4, -0.2) is 22.3 Å². The fourth-order valence-corrected chi connectivity index (χ4v) is 3.88. The summed E-state index contributed by atoms with van der Waals surface area (Å²) in [4.78, 5) is 19.4. The van der Waals surface area contributed by atoms with Gasteiger partial charge >= 0.3 is 0 Å². The Bertz CT molecular complexity index is 1060. The summed E-state index contributed by atoms with van der Waals surface area (Å²) < 4.78 is 0. The third-order valence-electron chi connectivity index (χ3n) is 5.64. The van der Waals surface area contributed by atoms with Crippen LogP contribution in [0.4, 0.5) is 0 Å². The first-order chi connectivity index (χ1) is 13.9. The van der Waals surface area contributed by atoms with Crippen molar-refractivity contribution in [2.24, 2.45) is 5.92 Å².